The van der Waals surface area contributed by atoms with E-state index >= 15 is 0 Å². The summed E-state index contributed by atoms with van der Waals surface area (Å²) >= 11 is 1.53. The van der Waals surface area contributed by atoms with Gasteiger partial charge in [0.05, 0.1) is 5.69 Å². The number of aryl methyl sites for hydroxylation is 1. The number of aromatic nitrogens is 2. The average molecular weight is 570 g/mol. The van der Waals surface area contributed by atoms with Crippen molar-refractivity contribution >= 4 is 50.9 Å². The van der Waals surface area contributed by atoms with Gasteiger partial charge in [-0.2, -0.15) is 4.57 Å². The largest absolute Gasteiger partial charge is 1.00 e. The van der Waals surface area contributed by atoms with E-state index in [1.165, 1.54) is 27.9 Å². The fraction of sp³-hybridized carbons (Fsp3) is 0.231. The molecule has 0 radical (unpaired) electrons. The monoisotopic (exact) mass is 569 g/mol. The van der Waals surface area contributed by atoms with Crippen LogP contribution in [0.15, 0.2) is 77.1 Å². The molecule has 0 atom stereocenters. The summed E-state index contributed by atoms with van der Waals surface area (Å²) in [7, 11) is 0. The van der Waals surface area contributed by atoms with Crippen LogP contribution in [0.1, 0.15) is 31.3 Å². The molecule has 4 rings (SSSR count). The van der Waals surface area contributed by atoms with Crippen molar-refractivity contribution in [2.45, 2.75) is 27.3 Å². The van der Waals surface area contributed by atoms with E-state index in [0.29, 0.717) is 5.13 Å². The van der Waals surface area contributed by atoms with Crippen LogP contribution in [0.3, 0.4) is 0 Å². The highest BCUT2D eigenvalue weighted by molar-refractivity contribution is 7.16. The van der Waals surface area contributed by atoms with Crippen LogP contribution in [-0.2, 0) is 6.54 Å². The van der Waals surface area contributed by atoms with E-state index in [9.17, 15) is 0 Å². The molecule has 7 heteroatoms. The molecule has 0 amide bonds. The van der Waals surface area contributed by atoms with Gasteiger partial charge in [-0.05, 0) is 63.2 Å². The van der Waals surface area contributed by atoms with Gasteiger partial charge in [-0.1, -0.05) is 23.5 Å². The maximum absolute atomic E-state index is 4.40. The molecule has 0 fully saturated rings. The van der Waals surface area contributed by atoms with Crippen LogP contribution in [0.5, 0.6) is 0 Å². The van der Waals surface area contributed by atoms with Gasteiger partial charge in [0.2, 0.25) is 16.3 Å². The SMILES string of the molecule is CCN(CC)c1ccc(N=Nc2ncc(/C=C/c3ccc4ccccc4[n+]3CC)s2)cc1.[I-]. The fourth-order valence-electron chi connectivity index (χ4n) is 3.76. The third kappa shape index (κ3) is 6.03. The number of halogens is 1. The predicted octanol–water partition coefficient (Wildman–Crippen LogP) is 4.04. The zero-order valence-corrected chi connectivity index (χ0v) is 22.1. The Labute approximate surface area is 216 Å². The zero-order chi connectivity index (χ0) is 22.3. The Morgan fingerprint density at radius 1 is 0.909 bits per heavy atom. The number of nitrogens with zero attached hydrogens (tertiary/aromatic N) is 5. The molecule has 2 aromatic heterocycles. The lowest BCUT2D eigenvalue weighted by Gasteiger charge is -2.20. The molecule has 0 saturated carbocycles. The Morgan fingerprint density at radius 2 is 1.67 bits per heavy atom. The Morgan fingerprint density at radius 3 is 2.39 bits per heavy atom. The Bertz CT molecular complexity index is 1240. The van der Waals surface area contributed by atoms with Gasteiger partial charge in [0.1, 0.15) is 6.54 Å². The molecule has 2 aromatic carbocycles. The molecule has 0 saturated heterocycles. The minimum atomic E-state index is 0. The summed E-state index contributed by atoms with van der Waals surface area (Å²) in [5.74, 6) is 0. The van der Waals surface area contributed by atoms with E-state index in [4.69, 9.17) is 0 Å². The summed E-state index contributed by atoms with van der Waals surface area (Å²) in [5, 5.41) is 10.6. The van der Waals surface area contributed by atoms with Crippen molar-refractivity contribution in [3.8, 4) is 0 Å². The highest BCUT2D eigenvalue weighted by Gasteiger charge is 2.11. The first kappa shape index (κ1) is 25.0. The highest BCUT2D eigenvalue weighted by atomic mass is 127. The van der Waals surface area contributed by atoms with Crippen LogP contribution in [0.4, 0.5) is 16.5 Å². The molecule has 170 valence electrons. The lowest BCUT2D eigenvalue weighted by atomic mass is 10.2. The number of anilines is 1. The molecule has 4 aromatic rings. The molecular weight excluding hydrogens is 541 g/mol. The van der Waals surface area contributed by atoms with Gasteiger partial charge < -0.3 is 28.9 Å². The van der Waals surface area contributed by atoms with Crippen molar-refractivity contribution < 1.29 is 28.5 Å². The van der Waals surface area contributed by atoms with Crippen LogP contribution in [0.25, 0.3) is 23.1 Å². The van der Waals surface area contributed by atoms with E-state index in [-0.39, 0.29) is 24.0 Å². The number of rotatable bonds is 8. The van der Waals surface area contributed by atoms with Gasteiger partial charge in [0, 0.05) is 53.4 Å². The van der Waals surface area contributed by atoms with Crippen molar-refractivity contribution in [2.75, 3.05) is 18.0 Å². The molecule has 0 spiro atoms. The summed E-state index contributed by atoms with van der Waals surface area (Å²) in [6, 6.07) is 21.0. The average Bonchev–Trinajstić information content (AvgIpc) is 3.30. The van der Waals surface area contributed by atoms with Gasteiger partial charge in [-0.15, -0.1) is 10.2 Å². The van der Waals surface area contributed by atoms with Crippen LogP contribution in [-0.4, -0.2) is 18.1 Å². The Hall–Kier alpha value is -2.65. The highest BCUT2D eigenvalue weighted by Crippen LogP contribution is 2.26. The second-order valence-electron chi connectivity index (χ2n) is 7.33. The Balaban J connectivity index is 0.00000306. The van der Waals surface area contributed by atoms with Crippen LogP contribution in [0, 0.1) is 0 Å². The van der Waals surface area contributed by atoms with Crippen molar-refractivity contribution in [3.63, 3.8) is 0 Å². The fourth-order valence-corrected chi connectivity index (χ4v) is 4.40. The quantitative estimate of drug-likeness (QED) is 0.183. The number of para-hydroxylation sites is 1. The summed E-state index contributed by atoms with van der Waals surface area (Å²) in [6.07, 6.45) is 6.07. The molecule has 0 aliphatic heterocycles. The molecule has 2 heterocycles. The smallest absolute Gasteiger partial charge is 0.230 e. The number of hydrogen-bond acceptors (Lipinski definition) is 5. The summed E-state index contributed by atoms with van der Waals surface area (Å²) in [4.78, 5) is 7.75. The second kappa shape index (κ2) is 12.0. The second-order valence-corrected chi connectivity index (χ2v) is 8.37. The van der Waals surface area contributed by atoms with E-state index < -0.39 is 0 Å². The molecule has 0 unspecified atom stereocenters. The van der Waals surface area contributed by atoms with E-state index in [1.54, 1.807) is 0 Å². The summed E-state index contributed by atoms with van der Waals surface area (Å²) in [5.41, 5.74) is 4.43. The van der Waals surface area contributed by atoms with Crippen LogP contribution >= 0.6 is 11.3 Å². The van der Waals surface area contributed by atoms with Gasteiger partial charge in [0.25, 0.3) is 0 Å². The van der Waals surface area contributed by atoms with E-state index in [2.05, 4.69) is 106 Å². The zero-order valence-electron chi connectivity index (χ0n) is 19.1. The molecule has 5 nitrogen and oxygen atoms in total. The van der Waals surface area contributed by atoms with E-state index in [1.807, 2.05) is 18.3 Å². The van der Waals surface area contributed by atoms with Crippen molar-refractivity contribution in [1.82, 2.24) is 4.98 Å². The normalized spacial score (nSPS) is 11.4. The summed E-state index contributed by atoms with van der Waals surface area (Å²) in [6.45, 7) is 9.38. The minimum absolute atomic E-state index is 0. The Kier molecular flexibility index (Phi) is 9.08. The third-order valence-electron chi connectivity index (χ3n) is 5.45. The third-order valence-corrected chi connectivity index (χ3v) is 6.29. The molecular formula is C26H28IN5S. The van der Waals surface area contributed by atoms with E-state index in [0.717, 1.165) is 35.9 Å². The number of thiazole rings is 1. The predicted molar refractivity (Wildman–Crippen MR) is 135 cm³/mol. The van der Waals surface area contributed by atoms with Gasteiger partial charge in [-0.3, -0.25) is 0 Å². The van der Waals surface area contributed by atoms with Crippen molar-refractivity contribution in [3.05, 3.63) is 77.4 Å². The molecule has 33 heavy (non-hydrogen) atoms. The molecule has 0 aliphatic carbocycles. The lowest BCUT2D eigenvalue weighted by Crippen LogP contribution is -3.00. The minimum Gasteiger partial charge on any atom is -1.00 e. The van der Waals surface area contributed by atoms with Gasteiger partial charge in [-0.25, -0.2) is 4.98 Å². The first-order chi connectivity index (χ1) is 15.7. The number of azo groups is 1. The van der Waals surface area contributed by atoms with Crippen molar-refractivity contribution in [1.29, 1.82) is 0 Å². The van der Waals surface area contributed by atoms with Gasteiger partial charge in [0.15, 0.2) is 0 Å². The summed E-state index contributed by atoms with van der Waals surface area (Å²) < 4.78 is 2.31. The maximum atomic E-state index is 4.40. The molecule has 0 N–H and O–H groups in total. The first-order valence-corrected chi connectivity index (χ1v) is 11.9. The number of pyridine rings is 1. The molecule has 0 bridgehead atoms. The lowest BCUT2D eigenvalue weighted by molar-refractivity contribution is -0.669. The number of hydrogen-bond donors (Lipinski definition) is 0. The van der Waals surface area contributed by atoms with Crippen LogP contribution in [0.2, 0.25) is 0 Å². The number of fused-ring (bicyclic) bond motifs is 1. The van der Waals surface area contributed by atoms with Gasteiger partial charge >= 0.3 is 0 Å². The first-order valence-electron chi connectivity index (χ1n) is 11.0. The van der Waals surface area contributed by atoms with Crippen molar-refractivity contribution in [2.24, 2.45) is 10.2 Å². The standard InChI is InChI=1S/C26H28N5S.HI/c1-4-30(5-2)22-15-12-21(13-16-22)28-29-26-27-19-24(32-26)18-17-23-14-11-20-9-7-8-10-25(20)31(23)6-3;/h7-19H,4-6H2,1-3H3;1H/q+1;/p-1. The topological polar surface area (TPSA) is 44.7 Å². The van der Waals surface area contributed by atoms with Crippen LogP contribution < -0.4 is 33.4 Å². The molecule has 0 aliphatic rings. The maximum Gasteiger partial charge on any atom is 0.230 e. The number of benzene rings is 2.